The van der Waals surface area contributed by atoms with Gasteiger partial charge in [-0.05, 0) is 77.8 Å². The Morgan fingerprint density at radius 2 is 1.95 bits per heavy atom. The Kier molecular flexibility index (Phi) is 6.62. The van der Waals surface area contributed by atoms with Crippen LogP contribution < -0.4 is 5.32 Å². The summed E-state index contributed by atoms with van der Waals surface area (Å²) in [6.07, 6.45) is 8.38. The molecular formula is C16H33N3. The minimum Gasteiger partial charge on any atom is -0.317 e. The quantitative estimate of drug-likeness (QED) is 0.796. The highest BCUT2D eigenvalue weighted by Gasteiger charge is 2.21. The van der Waals surface area contributed by atoms with Crippen LogP contribution >= 0.6 is 0 Å². The van der Waals surface area contributed by atoms with E-state index in [0.717, 1.165) is 12.0 Å². The van der Waals surface area contributed by atoms with E-state index in [1.165, 1.54) is 77.8 Å². The van der Waals surface area contributed by atoms with Crippen molar-refractivity contribution in [1.82, 2.24) is 15.1 Å². The van der Waals surface area contributed by atoms with E-state index in [2.05, 4.69) is 29.1 Å². The van der Waals surface area contributed by atoms with Gasteiger partial charge in [0.2, 0.25) is 0 Å². The third-order valence-electron chi connectivity index (χ3n) is 5.12. The van der Waals surface area contributed by atoms with E-state index in [1.54, 1.807) is 0 Å². The zero-order valence-electron chi connectivity index (χ0n) is 13.0. The molecule has 0 saturated carbocycles. The summed E-state index contributed by atoms with van der Waals surface area (Å²) >= 11 is 0. The van der Waals surface area contributed by atoms with Crippen molar-refractivity contribution >= 4 is 0 Å². The van der Waals surface area contributed by atoms with E-state index in [0.29, 0.717) is 0 Å². The molecule has 112 valence electrons. The van der Waals surface area contributed by atoms with Crippen molar-refractivity contribution in [2.24, 2.45) is 5.92 Å². The van der Waals surface area contributed by atoms with Crippen molar-refractivity contribution in [2.75, 3.05) is 46.3 Å². The summed E-state index contributed by atoms with van der Waals surface area (Å²) in [5, 5.41) is 3.47. The molecule has 2 saturated heterocycles. The van der Waals surface area contributed by atoms with Gasteiger partial charge in [0, 0.05) is 12.6 Å². The Labute approximate surface area is 119 Å². The maximum atomic E-state index is 3.47. The molecule has 19 heavy (non-hydrogen) atoms. The molecule has 0 aromatic carbocycles. The van der Waals surface area contributed by atoms with Crippen molar-refractivity contribution in [3.05, 3.63) is 0 Å². The average molecular weight is 267 g/mol. The number of rotatable bonds is 6. The lowest BCUT2D eigenvalue weighted by Gasteiger charge is -2.35. The maximum Gasteiger partial charge on any atom is 0.0104 e. The molecule has 0 amide bonds. The fourth-order valence-corrected chi connectivity index (χ4v) is 3.65. The number of piperidine rings is 2. The molecule has 2 fully saturated rings. The van der Waals surface area contributed by atoms with Gasteiger partial charge in [0.25, 0.3) is 0 Å². The lowest BCUT2D eigenvalue weighted by atomic mass is 9.96. The Morgan fingerprint density at radius 1 is 1.16 bits per heavy atom. The highest BCUT2D eigenvalue weighted by molar-refractivity contribution is 4.77. The fourth-order valence-electron chi connectivity index (χ4n) is 3.65. The molecule has 2 rings (SSSR count). The topological polar surface area (TPSA) is 18.5 Å². The lowest BCUT2D eigenvalue weighted by Crippen LogP contribution is -2.41. The molecule has 1 atom stereocenters. The second-order valence-electron chi connectivity index (χ2n) is 6.51. The highest BCUT2D eigenvalue weighted by Crippen LogP contribution is 2.19. The van der Waals surface area contributed by atoms with Crippen LogP contribution in [-0.4, -0.2) is 62.2 Å². The first-order valence-corrected chi connectivity index (χ1v) is 8.43. The zero-order valence-corrected chi connectivity index (χ0v) is 13.0. The third-order valence-corrected chi connectivity index (χ3v) is 5.12. The summed E-state index contributed by atoms with van der Waals surface area (Å²) in [6.45, 7) is 9.95. The number of nitrogens with one attached hydrogen (secondary N) is 1. The Bertz CT molecular complexity index is 238. The van der Waals surface area contributed by atoms with Crippen LogP contribution in [0.25, 0.3) is 0 Å². The maximum absolute atomic E-state index is 3.47. The molecule has 3 nitrogen and oxygen atoms in total. The molecule has 0 aliphatic carbocycles. The average Bonchev–Trinajstić information content (AvgIpc) is 2.46. The monoisotopic (exact) mass is 267 g/mol. The molecule has 0 bridgehead atoms. The van der Waals surface area contributed by atoms with Crippen LogP contribution in [0, 0.1) is 5.92 Å². The first-order chi connectivity index (χ1) is 9.29. The fraction of sp³-hybridized carbons (Fsp3) is 1.00. The SMILES string of the molecule is CCN(CCC1CCCCN1C)CC1CCNCC1. The van der Waals surface area contributed by atoms with Gasteiger partial charge in [-0.15, -0.1) is 0 Å². The molecule has 0 radical (unpaired) electrons. The van der Waals surface area contributed by atoms with Gasteiger partial charge in [-0.3, -0.25) is 0 Å². The van der Waals surface area contributed by atoms with Crippen molar-refractivity contribution in [2.45, 2.75) is 51.5 Å². The van der Waals surface area contributed by atoms with Gasteiger partial charge < -0.3 is 15.1 Å². The second-order valence-corrected chi connectivity index (χ2v) is 6.51. The summed E-state index contributed by atoms with van der Waals surface area (Å²) in [5.41, 5.74) is 0. The highest BCUT2D eigenvalue weighted by atomic mass is 15.2. The molecular weight excluding hydrogens is 234 g/mol. The van der Waals surface area contributed by atoms with E-state index in [9.17, 15) is 0 Å². The number of nitrogens with zero attached hydrogens (tertiary/aromatic N) is 2. The van der Waals surface area contributed by atoms with Gasteiger partial charge in [0.1, 0.15) is 0 Å². The van der Waals surface area contributed by atoms with Crippen LogP contribution in [0.15, 0.2) is 0 Å². The van der Waals surface area contributed by atoms with Crippen molar-refractivity contribution in [3.8, 4) is 0 Å². The largest absolute Gasteiger partial charge is 0.317 e. The lowest BCUT2D eigenvalue weighted by molar-refractivity contribution is 0.144. The molecule has 0 aromatic heterocycles. The van der Waals surface area contributed by atoms with Gasteiger partial charge >= 0.3 is 0 Å². The van der Waals surface area contributed by atoms with Gasteiger partial charge in [-0.1, -0.05) is 13.3 Å². The van der Waals surface area contributed by atoms with Crippen molar-refractivity contribution in [1.29, 1.82) is 0 Å². The smallest absolute Gasteiger partial charge is 0.0104 e. The van der Waals surface area contributed by atoms with Gasteiger partial charge in [-0.2, -0.15) is 0 Å². The van der Waals surface area contributed by atoms with Crippen LogP contribution in [0.2, 0.25) is 0 Å². The molecule has 1 N–H and O–H groups in total. The first-order valence-electron chi connectivity index (χ1n) is 8.43. The van der Waals surface area contributed by atoms with E-state index in [-0.39, 0.29) is 0 Å². The predicted molar refractivity (Wildman–Crippen MR) is 82.6 cm³/mol. The minimum atomic E-state index is 0.843. The van der Waals surface area contributed by atoms with E-state index < -0.39 is 0 Å². The standard InChI is InChI=1S/C16H33N3/c1-3-19(14-15-7-10-17-11-8-15)13-9-16-6-4-5-12-18(16)2/h15-17H,3-14H2,1-2H3. The summed E-state index contributed by atoms with van der Waals surface area (Å²) in [5.74, 6) is 0.935. The predicted octanol–water partition coefficient (Wildman–Crippen LogP) is 2.18. The summed E-state index contributed by atoms with van der Waals surface area (Å²) in [4.78, 5) is 5.28. The van der Waals surface area contributed by atoms with Gasteiger partial charge in [0.15, 0.2) is 0 Å². The normalized spacial score (nSPS) is 27.0. The summed E-state index contributed by atoms with van der Waals surface area (Å²) in [6, 6.07) is 0.843. The summed E-state index contributed by atoms with van der Waals surface area (Å²) in [7, 11) is 2.31. The molecule has 1 unspecified atom stereocenters. The van der Waals surface area contributed by atoms with Crippen molar-refractivity contribution in [3.63, 3.8) is 0 Å². The van der Waals surface area contributed by atoms with Gasteiger partial charge in [0.05, 0.1) is 0 Å². The van der Waals surface area contributed by atoms with E-state index in [4.69, 9.17) is 0 Å². The number of hydrogen-bond acceptors (Lipinski definition) is 3. The zero-order chi connectivity index (χ0) is 13.5. The Morgan fingerprint density at radius 3 is 2.63 bits per heavy atom. The van der Waals surface area contributed by atoms with Crippen LogP contribution in [0.4, 0.5) is 0 Å². The van der Waals surface area contributed by atoms with Gasteiger partial charge in [-0.25, -0.2) is 0 Å². The molecule has 0 aromatic rings. The molecule has 2 aliphatic rings. The number of hydrogen-bond donors (Lipinski definition) is 1. The Hall–Kier alpha value is -0.120. The number of likely N-dealkylation sites (tertiary alicyclic amines) is 1. The molecule has 2 aliphatic heterocycles. The third kappa shape index (κ3) is 5.05. The van der Waals surface area contributed by atoms with E-state index in [1.807, 2.05) is 0 Å². The van der Waals surface area contributed by atoms with Crippen molar-refractivity contribution < 1.29 is 0 Å². The molecule has 3 heteroatoms. The molecule has 0 spiro atoms. The minimum absolute atomic E-state index is 0.843. The van der Waals surface area contributed by atoms with Crippen LogP contribution in [-0.2, 0) is 0 Å². The summed E-state index contributed by atoms with van der Waals surface area (Å²) < 4.78 is 0. The van der Waals surface area contributed by atoms with Crippen LogP contribution in [0.1, 0.15) is 45.4 Å². The van der Waals surface area contributed by atoms with Crippen LogP contribution in [0.3, 0.4) is 0 Å². The first kappa shape index (κ1) is 15.3. The molecule has 2 heterocycles. The van der Waals surface area contributed by atoms with E-state index >= 15 is 0 Å². The van der Waals surface area contributed by atoms with Crippen LogP contribution in [0.5, 0.6) is 0 Å². The Balaban J connectivity index is 1.69. The second kappa shape index (κ2) is 8.23.